The van der Waals surface area contributed by atoms with Crippen molar-refractivity contribution in [2.45, 2.75) is 68.6 Å². The van der Waals surface area contributed by atoms with Gasteiger partial charge in [0.25, 0.3) is 0 Å². The Hall–Kier alpha value is -1.40. The van der Waals surface area contributed by atoms with Crippen molar-refractivity contribution in [1.29, 1.82) is 0 Å². The van der Waals surface area contributed by atoms with E-state index in [-0.39, 0.29) is 26.1 Å². The third-order valence-electron chi connectivity index (χ3n) is 6.95. The Morgan fingerprint density at radius 2 is 1.94 bits per heavy atom. The summed E-state index contributed by atoms with van der Waals surface area (Å²) >= 11 is -0.123. The summed E-state index contributed by atoms with van der Waals surface area (Å²) in [5.74, 6) is -0.990. The monoisotopic (exact) mass is 510 g/mol. The van der Waals surface area contributed by atoms with Crippen LogP contribution in [0.15, 0.2) is 42.5 Å². The molecule has 1 aliphatic carbocycles. The first-order chi connectivity index (χ1) is 14.5. The zero-order valence-electron chi connectivity index (χ0n) is 19.4. The van der Waals surface area contributed by atoms with Crippen LogP contribution in [0.3, 0.4) is 0 Å². The molecule has 3 aliphatic rings. The van der Waals surface area contributed by atoms with Gasteiger partial charge in [-0.1, -0.05) is 0 Å². The van der Waals surface area contributed by atoms with Crippen LogP contribution in [0.2, 0.25) is 22.4 Å². The number of methoxy groups -OCH3 is 1. The normalized spacial score (nSPS) is 27.8. The third-order valence-corrected chi connectivity index (χ3v) is 14.8. The SMILES string of the molecule is COC(=O)[C@]12C=C[C@H](C[C@]1(CCCO[Si](C)(C)C(C)(C)C)[Se]c1ccccc1)OC2=O. The fourth-order valence-corrected chi connectivity index (χ4v) is 8.63. The Morgan fingerprint density at radius 1 is 1.26 bits per heavy atom. The van der Waals surface area contributed by atoms with Crippen LogP contribution in [0.25, 0.3) is 0 Å². The average Bonchev–Trinajstić information content (AvgIpc) is 2.71. The van der Waals surface area contributed by atoms with Gasteiger partial charge in [-0.3, -0.25) is 0 Å². The molecule has 0 N–H and O–H groups in total. The summed E-state index contributed by atoms with van der Waals surface area (Å²) in [7, 11) is -0.513. The molecule has 2 aliphatic heterocycles. The molecule has 1 aromatic rings. The number of carbonyl (C=O) groups excluding carboxylic acids is 2. The first kappa shape index (κ1) is 24.2. The molecule has 7 heteroatoms. The summed E-state index contributed by atoms with van der Waals surface area (Å²) in [6.45, 7) is 11.8. The van der Waals surface area contributed by atoms with Crippen LogP contribution < -0.4 is 4.46 Å². The second-order valence-electron chi connectivity index (χ2n) is 9.93. The van der Waals surface area contributed by atoms with Crippen molar-refractivity contribution in [3.05, 3.63) is 42.5 Å². The minimum atomic E-state index is -1.86. The fourth-order valence-electron chi connectivity index (χ4n) is 4.11. The van der Waals surface area contributed by atoms with Crippen LogP contribution >= 0.6 is 0 Å². The minimum absolute atomic E-state index is 0.123. The van der Waals surface area contributed by atoms with E-state index in [1.54, 1.807) is 6.08 Å². The molecule has 2 heterocycles. The Labute approximate surface area is 193 Å². The summed E-state index contributed by atoms with van der Waals surface area (Å²) in [6.07, 6.45) is 5.46. The number of esters is 2. The van der Waals surface area contributed by atoms with Crippen LogP contribution in [-0.2, 0) is 23.5 Å². The van der Waals surface area contributed by atoms with Gasteiger partial charge in [-0.25, -0.2) is 0 Å². The summed E-state index contributed by atoms with van der Waals surface area (Å²) in [5.41, 5.74) is -1.39. The molecule has 170 valence electrons. The standard InChI is InChI=1S/C24H34O5SeSi/c1-22(2,3)31(5,6)28-16-10-14-23(30-19-11-8-7-9-12-19)17-18-13-15-24(23,20(25)27-4)21(26)29-18/h7-9,11-13,15,18H,10,14,16-17H2,1-6H3/t18-,23+,24+/m1/s1. The number of ether oxygens (including phenoxy) is 2. The van der Waals surface area contributed by atoms with E-state index in [1.807, 2.05) is 24.3 Å². The van der Waals surface area contributed by atoms with E-state index in [4.69, 9.17) is 13.9 Å². The van der Waals surface area contributed by atoms with Crippen LogP contribution in [0.5, 0.6) is 0 Å². The second kappa shape index (κ2) is 8.85. The summed E-state index contributed by atoms with van der Waals surface area (Å²) in [5, 5.41) is 0.141. The molecule has 5 nitrogen and oxygen atoms in total. The average molecular weight is 510 g/mol. The Morgan fingerprint density at radius 3 is 2.52 bits per heavy atom. The summed E-state index contributed by atoms with van der Waals surface area (Å²) in [4.78, 5) is 26.2. The van der Waals surface area contributed by atoms with Crippen molar-refractivity contribution < 1.29 is 23.5 Å². The van der Waals surface area contributed by atoms with Crippen molar-refractivity contribution in [2.24, 2.45) is 5.41 Å². The van der Waals surface area contributed by atoms with Gasteiger partial charge in [0, 0.05) is 0 Å². The van der Waals surface area contributed by atoms with Crippen LogP contribution in [-0.4, -0.2) is 55.0 Å². The topological polar surface area (TPSA) is 61.8 Å². The van der Waals surface area contributed by atoms with Gasteiger partial charge in [0.1, 0.15) is 0 Å². The molecular formula is C24H34O5SeSi. The van der Waals surface area contributed by atoms with Gasteiger partial charge in [-0.05, 0) is 0 Å². The molecule has 1 saturated heterocycles. The van der Waals surface area contributed by atoms with Gasteiger partial charge in [0.15, 0.2) is 0 Å². The molecule has 3 atom stereocenters. The first-order valence-electron chi connectivity index (χ1n) is 10.8. The number of rotatable bonds is 8. The number of benzene rings is 1. The third kappa shape index (κ3) is 4.43. The Bertz CT molecular complexity index is 847. The molecular weight excluding hydrogens is 475 g/mol. The van der Waals surface area contributed by atoms with Crippen molar-refractivity contribution >= 4 is 39.7 Å². The van der Waals surface area contributed by atoms with Gasteiger partial charge >= 0.3 is 193 Å². The predicted octanol–water partition coefficient (Wildman–Crippen LogP) is 4.02. The molecule has 0 unspecified atom stereocenters. The van der Waals surface area contributed by atoms with Gasteiger partial charge in [0.05, 0.1) is 0 Å². The number of fused-ring (bicyclic) bond motifs is 2. The number of hydrogen-bond donors (Lipinski definition) is 0. The molecule has 0 radical (unpaired) electrons. The van der Waals surface area contributed by atoms with Crippen LogP contribution in [0.1, 0.15) is 40.0 Å². The maximum absolute atomic E-state index is 13.1. The zero-order valence-corrected chi connectivity index (χ0v) is 22.1. The van der Waals surface area contributed by atoms with Gasteiger partial charge in [0.2, 0.25) is 0 Å². The maximum atomic E-state index is 13.1. The molecule has 2 bridgehead atoms. The van der Waals surface area contributed by atoms with E-state index >= 15 is 0 Å². The van der Waals surface area contributed by atoms with E-state index in [1.165, 1.54) is 7.11 Å². The molecule has 0 saturated carbocycles. The van der Waals surface area contributed by atoms with Crippen LogP contribution in [0.4, 0.5) is 0 Å². The van der Waals surface area contributed by atoms with Gasteiger partial charge in [-0.2, -0.15) is 0 Å². The quantitative estimate of drug-likeness (QED) is 0.174. The summed E-state index contributed by atoms with van der Waals surface area (Å²) in [6, 6.07) is 10.2. The van der Waals surface area contributed by atoms with E-state index in [2.05, 4.69) is 46.0 Å². The Kier molecular flexibility index (Phi) is 6.92. The molecule has 4 rings (SSSR count). The Balaban J connectivity index is 1.90. The molecule has 0 spiro atoms. The summed E-state index contributed by atoms with van der Waals surface area (Å²) < 4.78 is 17.8. The van der Waals surface area contributed by atoms with Crippen molar-refractivity contribution in [2.75, 3.05) is 13.7 Å². The first-order valence-corrected chi connectivity index (χ1v) is 15.5. The molecule has 1 fully saturated rings. The number of carbonyl (C=O) groups is 2. The van der Waals surface area contributed by atoms with E-state index in [0.717, 1.165) is 10.9 Å². The number of hydrogen-bond acceptors (Lipinski definition) is 5. The molecule has 0 amide bonds. The van der Waals surface area contributed by atoms with Gasteiger partial charge in [-0.15, -0.1) is 0 Å². The molecule has 31 heavy (non-hydrogen) atoms. The van der Waals surface area contributed by atoms with Crippen molar-refractivity contribution in [3.8, 4) is 0 Å². The fraction of sp³-hybridized carbons (Fsp3) is 0.583. The van der Waals surface area contributed by atoms with Crippen molar-refractivity contribution in [3.63, 3.8) is 0 Å². The zero-order chi connectivity index (χ0) is 22.9. The molecule has 0 aromatic heterocycles. The molecule has 1 aromatic carbocycles. The van der Waals surface area contributed by atoms with E-state index in [9.17, 15) is 9.59 Å². The van der Waals surface area contributed by atoms with E-state index in [0.29, 0.717) is 19.4 Å². The van der Waals surface area contributed by atoms with Gasteiger partial charge < -0.3 is 0 Å². The second-order valence-corrected chi connectivity index (χ2v) is 17.8. The predicted molar refractivity (Wildman–Crippen MR) is 125 cm³/mol. The van der Waals surface area contributed by atoms with Crippen LogP contribution in [0, 0.1) is 5.41 Å². The van der Waals surface area contributed by atoms with E-state index < -0.39 is 30.0 Å². The van der Waals surface area contributed by atoms with Crippen molar-refractivity contribution in [1.82, 2.24) is 0 Å².